The van der Waals surface area contributed by atoms with Crippen LogP contribution in [0.4, 0.5) is 18.9 Å². The fraction of sp³-hybridized carbons (Fsp3) is 0.167. The molecular formula is C12H10F3NS. The second kappa shape index (κ2) is 4.79. The Morgan fingerprint density at radius 2 is 1.82 bits per heavy atom. The molecule has 0 aliphatic rings. The maximum atomic E-state index is 13.0. The fourth-order valence-corrected chi connectivity index (χ4v) is 2.23. The van der Waals surface area contributed by atoms with Crippen molar-refractivity contribution in [3.8, 4) is 0 Å². The Balaban J connectivity index is 2.19. The number of anilines is 1. The van der Waals surface area contributed by atoms with Gasteiger partial charge in [0.25, 0.3) is 0 Å². The molecule has 1 unspecified atom stereocenters. The number of hydrogen-bond donors (Lipinski definition) is 1. The average Bonchev–Trinajstić information content (AvgIpc) is 2.79. The van der Waals surface area contributed by atoms with Crippen molar-refractivity contribution in [2.45, 2.75) is 13.0 Å². The Morgan fingerprint density at radius 1 is 1.18 bits per heavy atom. The topological polar surface area (TPSA) is 12.0 Å². The molecule has 1 heterocycles. The summed E-state index contributed by atoms with van der Waals surface area (Å²) in [4.78, 5) is 1.04. The zero-order valence-electron chi connectivity index (χ0n) is 9.01. The number of thiophene rings is 1. The summed E-state index contributed by atoms with van der Waals surface area (Å²) in [6.45, 7) is 1.87. The van der Waals surface area contributed by atoms with E-state index < -0.39 is 17.5 Å². The van der Waals surface area contributed by atoms with Gasteiger partial charge < -0.3 is 5.32 Å². The van der Waals surface area contributed by atoms with Crippen LogP contribution < -0.4 is 5.32 Å². The van der Waals surface area contributed by atoms with Crippen molar-refractivity contribution in [1.29, 1.82) is 0 Å². The van der Waals surface area contributed by atoms with Crippen molar-refractivity contribution in [2.75, 3.05) is 5.32 Å². The van der Waals surface area contributed by atoms with Gasteiger partial charge in [-0.1, -0.05) is 6.07 Å². The van der Waals surface area contributed by atoms with Crippen LogP contribution in [0.25, 0.3) is 0 Å². The van der Waals surface area contributed by atoms with E-state index in [1.54, 1.807) is 0 Å². The van der Waals surface area contributed by atoms with Gasteiger partial charge in [-0.15, -0.1) is 11.3 Å². The second-order valence-electron chi connectivity index (χ2n) is 3.64. The third-order valence-corrected chi connectivity index (χ3v) is 3.39. The Morgan fingerprint density at radius 3 is 2.35 bits per heavy atom. The Labute approximate surface area is 101 Å². The molecule has 0 saturated carbocycles. The molecular weight excluding hydrogens is 247 g/mol. The van der Waals surface area contributed by atoms with E-state index in [0.29, 0.717) is 0 Å². The molecule has 1 aromatic carbocycles. The monoisotopic (exact) mass is 257 g/mol. The van der Waals surface area contributed by atoms with Gasteiger partial charge in [-0.25, -0.2) is 13.2 Å². The van der Waals surface area contributed by atoms with Gasteiger partial charge in [-0.05, 0) is 18.4 Å². The first kappa shape index (κ1) is 12.0. The summed E-state index contributed by atoms with van der Waals surface area (Å²) in [5, 5.41) is 4.83. The van der Waals surface area contributed by atoms with Crippen LogP contribution in [0.15, 0.2) is 29.6 Å². The predicted molar refractivity (Wildman–Crippen MR) is 62.7 cm³/mol. The van der Waals surface area contributed by atoms with Crippen molar-refractivity contribution in [1.82, 2.24) is 0 Å². The standard InChI is InChI=1S/C12H10F3NS/c1-7(11-3-2-4-17-11)16-8-5-9(13)12(15)10(14)6-8/h2-7,16H,1H3. The quantitative estimate of drug-likeness (QED) is 0.806. The SMILES string of the molecule is CC(Nc1cc(F)c(F)c(F)c1)c1cccs1. The normalized spacial score (nSPS) is 12.5. The van der Waals surface area contributed by atoms with Gasteiger partial charge in [0.2, 0.25) is 0 Å². The van der Waals surface area contributed by atoms with Crippen LogP contribution in [0.5, 0.6) is 0 Å². The summed E-state index contributed by atoms with van der Waals surface area (Å²) < 4.78 is 38.7. The van der Waals surface area contributed by atoms with Crippen LogP contribution in [-0.2, 0) is 0 Å². The molecule has 90 valence electrons. The third-order valence-electron chi connectivity index (χ3n) is 2.34. The molecule has 0 bridgehead atoms. The molecule has 0 saturated heterocycles. The minimum Gasteiger partial charge on any atom is -0.378 e. The molecule has 2 aromatic rings. The number of rotatable bonds is 3. The summed E-state index contributed by atoms with van der Waals surface area (Å²) in [5.74, 6) is -3.82. The molecule has 0 radical (unpaired) electrons. The summed E-state index contributed by atoms with van der Waals surface area (Å²) in [6, 6.07) is 5.62. The molecule has 2 rings (SSSR count). The number of halogens is 3. The van der Waals surface area contributed by atoms with Gasteiger partial charge in [0.05, 0.1) is 6.04 Å². The van der Waals surface area contributed by atoms with Crippen LogP contribution in [0.2, 0.25) is 0 Å². The molecule has 0 fully saturated rings. The van der Waals surface area contributed by atoms with Crippen LogP contribution in [0, 0.1) is 17.5 Å². The first-order valence-electron chi connectivity index (χ1n) is 5.02. The molecule has 0 aliphatic carbocycles. The molecule has 1 nitrogen and oxygen atoms in total. The van der Waals surface area contributed by atoms with Gasteiger partial charge in [0.1, 0.15) is 0 Å². The lowest BCUT2D eigenvalue weighted by molar-refractivity contribution is 0.447. The Bertz CT molecular complexity index is 487. The molecule has 0 spiro atoms. The molecule has 5 heteroatoms. The zero-order chi connectivity index (χ0) is 12.4. The van der Waals surface area contributed by atoms with Gasteiger partial charge >= 0.3 is 0 Å². The summed E-state index contributed by atoms with van der Waals surface area (Å²) in [6.07, 6.45) is 0. The smallest absolute Gasteiger partial charge is 0.194 e. The van der Waals surface area contributed by atoms with E-state index in [9.17, 15) is 13.2 Å². The van der Waals surface area contributed by atoms with E-state index in [1.807, 2.05) is 24.4 Å². The Kier molecular flexibility index (Phi) is 3.38. The highest BCUT2D eigenvalue weighted by atomic mass is 32.1. The molecule has 1 aromatic heterocycles. The van der Waals surface area contributed by atoms with Gasteiger partial charge in [-0.2, -0.15) is 0 Å². The maximum absolute atomic E-state index is 13.0. The van der Waals surface area contributed by atoms with Crippen molar-refractivity contribution in [2.24, 2.45) is 0 Å². The summed E-state index contributed by atoms with van der Waals surface area (Å²) in [7, 11) is 0. The lowest BCUT2D eigenvalue weighted by Gasteiger charge is -2.14. The summed E-state index contributed by atoms with van der Waals surface area (Å²) >= 11 is 1.54. The van der Waals surface area contributed by atoms with Crippen molar-refractivity contribution >= 4 is 17.0 Å². The first-order chi connectivity index (χ1) is 8.08. The van der Waals surface area contributed by atoms with E-state index in [-0.39, 0.29) is 11.7 Å². The van der Waals surface area contributed by atoms with Crippen LogP contribution in [0.1, 0.15) is 17.8 Å². The first-order valence-corrected chi connectivity index (χ1v) is 5.90. The van der Waals surface area contributed by atoms with Crippen LogP contribution in [-0.4, -0.2) is 0 Å². The van der Waals surface area contributed by atoms with E-state index >= 15 is 0 Å². The van der Waals surface area contributed by atoms with E-state index in [1.165, 1.54) is 11.3 Å². The number of nitrogens with one attached hydrogen (secondary N) is 1. The van der Waals surface area contributed by atoms with E-state index in [0.717, 1.165) is 17.0 Å². The van der Waals surface area contributed by atoms with E-state index in [4.69, 9.17) is 0 Å². The highest BCUT2D eigenvalue weighted by Crippen LogP contribution is 2.25. The lowest BCUT2D eigenvalue weighted by Crippen LogP contribution is -2.06. The molecule has 1 atom stereocenters. The number of hydrogen-bond acceptors (Lipinski definition) is 2. The van der Waals surface area contributed by atoms with Crippen molar-refractivity contribution in [3.05, 3.63) is 52.0 Å². The molecule has 17 heavy (non-hydrogen) atoms. The molecule has 1 N–H and O–H groups in total. The predicted octanol–water partition coefficient (Wildman–Crippen LogP) is 4.34. The van der Waals surface area contributed by atoms with E-state index in [2.05, 4.69) is 5.32 Å². The number of benzene rings is 1. The highest BCUT2D eigenvalue weighted by Gasteiger charge is 2.12. The van der Waals surface area contributed by atoms with Crippen molar-refractivity contribution < 1.29 is 13.2 Å². The fourth-order valence-electron chi connectivity index (χ4n) is 1.50. The Hall–Kier alpha value is -1.49. The average molecular weight is 257 g/mol. The molecule has 0 aliphatic heterocycles. The van der Waals surface area contributed by atoms with Crippen molar-refractivity contribution in [3.63, 3.8) is 0 Å². The molecule has 0 amide bonds. The minimum atomic E-state index is -1.45. The van der Waals surface area contributed by atoms with Gasteiger partial charge in [-0.3, -0.25) is 0 Å². The van der Waals surface area contributed by atoms with Crippen LogP contribution in [0.3, 0.4) is 0 Å². The maximum Gasteiger partial charge on any atom is 0.194 e. The zero-order valence-corrected chi connectivity index (χ0v) is 9.82. The summed E-state index contributed by atoms with van der Waals surface area (Å²) in [5.41, 5.74) is 0.224. The lowest BCUT2D eigenvalue weighted by atomic mass is 10.2. The second-order valence-corrected chi connectivity index (χ2v) is 4.61. The third kappa shape index (κ3) is 2.61. The van der Waals surface area contributed by atoms with Crippen LogP contribution >= 0.6 is 11.3 Å². The van der Waals surface area contributed by atoms with Gasteiger partial charge in [0, 0.05) is 22.7 Å². The highest BCUT2D eigenvalue weighted by molar-refractivity contribution is 7.10. The minimum absolute atomic E-state index is 0.0840. The van der Waals surface area contributed by atoms with Gasteiger partial charge in [0.15, 0.2) is 17.5 Å². The largest absolute Gasteiger partial charge is 0.378 e.